The highest BCUT2D eigenvalue weighted by Gasteiger charge is 2.34. The molecule has 0 spiro atoms. The van der Waals surface area contributed by atoms with Crippen molar-refractivity contribution >= 4 is 21.6 Å². The van der Waals surface area contributed by atoms with E-state index in [0.29, 0.717) is 0 Å². The van der Waals surface area contributed by atoms with Crippen LogP contribution in [0, 0.1) is 17.5 Å². The van der Waals surface area contributed by atoms with Crippen molar-refractivity contribution in [2.75, 3.05) is 18.4 Å². The van der Waals surface area contributed by atoms with Gasteiger partial charge >= 0.3 is 0 Å². The zero-order valence-corrected chi connectivity index (χ0v) is 16.3. The first-order valence-electron chi connectivity index (χ1n) is 8.98. The minimum Gasteiger partial charge on any atom is -0.389 e. The molecule has 0 aromatic heterocycles. The number of nitrogens with one attached hydrogen (secondary N) is 1. The Labute approximate surface area is 170 Å². The van der Waals surface area contributed by atoms with E-state index < -0.39 is 57.1 Å². The van der Waals surface area contributed by atoms with Gasteiger partial charge in [0.2, 0.25) is 10.0 Å². The number of benzene rings is 2. The first-order valence-corrected chi connectivity index (χ1v) is 10.4. The molecule has 0 saturated carbocycles. The van der Waals surface area contributed by atoms with Crippen molar-refractivity contribution in [2.24, 2.45) is 0 Å². The van der Waals surface area contributed by atoms with E-state index in [-0.39, 0.29) is 30.6 Å². The van der Waals surface area contributed by atoms with E-state index in [2.05, 4.69) is 5.32 Å². The predicted molar refractivity (Wildman–Crippen MR) is 99.6 cm³/mol. The summed E-state index contributed by atoms with van der Waals surface area (Å²) in [5, 5.41) is 12.0. The molecule has 1 aliphatic rings. The van der Waals surface area contributed by atoms with Crippen LogP contribution in [0.25, 0.3) is 0 Å². The number of β-amino-alcohol motifs (C(OH)–C–C–N with tert-alkyl or cyclic N) is 1. The minimum atomic E-state index is -4.47. The topological polar surface area (TPSA) is 86.7 Å². The Morgan fingerprint density at radius 2 is 1.77 bits per heavy atom. The lowest BCUT2D eigenvalue weighted by Gasteiger charge is -2.22. The maximum atomic E-state index is 14.3. The SMILES string of the molecule is O=C(Nc1ccc(F)c(F)c1)c1ccc(F)c(S(=O)(=O)N2CCC[C@H](F)[C@@H](O)C2)c1. The number of carbonyl (C=O) groups excluding carboxylic acids is 1. The zero-order chi connectivity index (χ0) is 22.1. The molecular formula is C19H18F4N2O4S. The molecular weight excluding hydrogens is 428 g/mol. The molecule has 30 heavy (non-hydrogen) atoms. The molecule has 2 aromatic rings. The third-order valence-electron chi connectivity index (χ3n) is 4.68. The van der Waals surface area contributed by atoms with E-state index in [1.807, 2.05) is 0 Å². The Morgan fingerprint density at radius 1 is 1.07 bits per heavy atom. The molecule has 3 rings (SSSR count). The van der Waals surface area contributed by atoms with E-state index in [4.69, 9.17) is 0 Å². The molecule has 162 valence electrons. The van der Waals surface area contributed by atoms with Crippen LogP contribution in [0.5, 0.6) is 0 Å². The van der Waals surface area contributed by atoms with Crippen LogP contribution < -0.4 is 5.32 Å². The number of hydrogen-bond acceptors (Lipinski definition) is 4. The number of amides is 1. The van der Waals surface area contributed by atoms with Crippen LogP contribution >= 0.6 is 0 Å². The summed E-state index contributed by atoms with van der Waals surface area (Å²) in [6.45, 7) is -0.668. The van der Waals surface area contributed by atoms with Gasteiger partial charge in [0.1, 0.15) is 16.9 Å². The number of anilines is 1. The molecule has 0 unspecified atom stereocenters. The number of halogens is 4. The quantitative estimate of drug-likeness (QED) is 0.708. The number of hydrogen-bond donors (Lipinski definition) is 2. The smallest absolute Gasteiger partial charge is 0.255 e. The Hall–Kier alpha value is -2.50. The van der Waals surface area contributed by atoms with E-state index >= 15 is 0 Å². The molecule has 2 N–H and O–H groups in total. The number of aliphatic hydroxyl groups is 1. The summed E-state index contributed by atoms with van der Waals surface area (Å²) in [5.41, 5.74) is -0.337. The number of carbonyl (C=O) groups is 1. The summed E-state index contributed by atoms with van der Waals surface area (Å²) >= 11 is 0. The largest absolute Gasteiger partial charge is 0.389 e. The van der Waals surface area contributed by atoms with Gasteiger partial charge in [0.25, 0.3) is 5.91 Å². The highest BCUT2D eigenvalue weighted by atomic mass is 32.2. The first-order chi connectivity index (χ1) is 14.1. The number of nitrogens with zero attached hydrogens (tertiary/aromatic N) is 1. The van der Waals surface area contributed by atoms with Crippen LogP contribution in [0.15, 0.2) is 41.3 Å². The number of sulfonamides is 1. The summed E-state index contributed by atoms with van der Waals surface area (Å²) < 4.78 is 80.8. The lowest BCUT2D eigenvalue weighted by Crippen LogP contribution is -2.39. The molecule has 6 nitrogen and oxygen atoms in total. The molecule has 2 aromatic carbocycles. The number of aliphatic hydroxyl groups excluding tert-OH is 1. The average molecular weight is 446 g/mol. The van der Waals surface area contributed by atoms with Gasteiger partial charge < -0.3 is 10.4 Å². The van der Waals surface area contributed by atoms with Gasteiger partial charge in [-0.05, 0) is 43.2 Å². The number of alkyl halides is 1. The monoisotopic (exact) mass is 446 g/mol. The van der Waals surface area contributed by atoms with Crippen molar-refractivity contribution in [3.05, 3.63) is 59.4 Å². The standard InChI is InChI=1S/C19H18F4N2O4S/c20-13-6-4-12(9-16(13)23)24-19(27)11-3-5-15(22)18(8-11)30(28,29)25-7-1-2-14(21)17(26)10-25/h3-6,8-9,14,17,26H,1-2,7,10H2,(H,24,27)/t14-,17-/m0/s1. The summed E-state index contributed by atoms with van der Waals surface area (Å²) in [6.07, 6.45) is -3.05. The van der Waals surface area contributed by atoms with Gasteiger partial charge in [0, 0.05) is 30.4 Å². The summed E-state index contributed by atoms with van der Waals surface area (Å²) in [5.74, 6) is -4.31. The van der Waals surface area contributed by atoms with Crippen LogP contribution in [0.3, 0.4) is 0 Å². The fourth-order valence-electron chi connectivity index (χ4n) is 3.05. The van der Waals surface area contributed by atoms with Gasteiger partial charge in [-0.15, -0.1) is 0 Å². The first kappa shape index (κ1) is 22.2. The van der Waals surface area contributed by atoms with E-state index in [1.165, 1.54) is 0 Å². The Balaban J connectivity index is 1.88. The second-order valence-corrected chi connectivity index (χ2v) is 8.72. The normalized spacial score (nSPS) is 20.6. The van der Waals surface area contributed by atoms with Crippen LogP contribution in [-0.4, -0.2) is 49.1 Å². The summed E-state index contributed by atoms with van der Waals surface area (Å²) in [6, 6.07) is 5.24. The zero-order valence-electron chi connectivity index (χ0n) is 15.5. The Kier molecular flexibility index (Phi) is 6.44. The van der Waals surface area contributed by atoms with Crippen LogP contribution in [0.1, 0.15) is 23.2 Å². The molecule has 1 heterocycles. The Morgan fingerprint density at radius 3 is 2.47 bits per heavy atom. The molecule has 0 aliphatic carbocycles. The number of rotatable bonds is 4. The van der Waals surface area contributed by atoms with Gasteiger partial charge in [-0.1, -0.05) is 0 Å². The van der Waals surface area contributed by atoms with Crippen molar-refractivity contribution < 1.29 is 35.9 Å². The van der Waals surface area contributed by atoms with Gasteiger partial charge in [0.05, 0.1) is 6.10 Å². The van der Waals surface area contributed by atoms with E-state index in [9.17, 15) is 35.9 Å². The molecule has 1 saturated heterocycles. The summed E-state index contributed by atoms with van der Waals surface area (Å²) in [4.78, 5) is 11.6. The van der Waals surface area contributed by atoms with Crippen molar-refractivity contribution in [1.82, 2.24) is 4.31 Å². The van der Waals surface area contributed by atoms with Crippen molar-refractivity contribution in [3.63, 3.8) is 0 Å². The molecule has 1 aliphatic heterocycles. The van der Waals surface area contributed by atoms with Crippen LogP contribution in [-0.2, 0) is 10.0 Å². The van der Waals surface area contributed by atoms with Gasteiger partial charge in [-0.25, -0.2) is 26.0 Å². The van der Waals surface area contributed by atoms with Crippen molar-refractivity contribution in [1.29, 1.82) is 0 Å². The maximum absolute atomic E-state index is 14.3. The van der Waals surface area contributed by atoms with Crippen molar-refractivity contribution in [3.8, 4) is 0 Å². The summed E-state index contributed by atoms with van der Waals surface area (Å²) in [7, 11) is -4.47. The maximum Gasteiger partial charge on any atom is 0.255 e. The lowest BCUT2D eigenvalue weighted by atomic mass is 10.1. The third kappa shape index (κ3) is 4.63. The third-order valence-corrected chi connectivity index (χ3v) is 6.56. The average Bonchev–Trinajstić information content (AvgIpc) is 2.86. The van der Waals surface area contributed by atoms with Crippen LogP contribution in [0.2, 0.25) is 0 Å². The molecule has 0 bridgehead atoms. The van der Waals surface area contributed by atoms with Crippen LogP contribution in [0.4, 0.5) is 23.2 Å². The molecule has 2 atom stereocenters. The molecule has 11 heteroatoms. The fourth-order valence-corrected chi connectivity index (χ4v) is 4.63. The lowest BCUT2D eigenvalue weighted by molar-refractivity contribution is 0.0710. The molecule has 1 amide bonds. The fraction of sp³-hybridized carbons (Fsp3) is 0.316. The predicted octanol–water partition coefficient (Wildman–Crippen LogP) is 2.84. The second kappa shape index (κ2) is 8.70. The van der Waals surface area contributed by atoms with Gasteiger partial charge in [-0.3, -0.25) is 4.79 Å². The van der Waals surface area contributed by atoms with Gasteiger partial charge in [-0.2, -0.15) is 4.31 Å². The Bertz CT molecular complexity index is 1060. The molecule has 1 fully saturated rings. The van der Waals surface area contributed by atoms with Gasteiger partial charge in [0.15, 0.2) is 11.6 Å². The highest BCUT2D eigenvalue weighted by molar-refractivity contribution is 7.89. The van der Waals surface area contributed by atoms with E-state index in [0.717, 1.165) is 40.7 Å². The van der Waals surface area contributed by atoms with E-state index in [1.54, 1.807) is 0 Å². The molecule has 0 radical (unpaired) electrons. The second-order valence-electron chi connectivity index (χ2n) is 6.82. The highest BCUT2D eigenvalue weighted by Crippen LogP contribution is 2.25. The van der Waals surface area contributed by atoms with Crippen molar-refractivity contribution in [2.45, 2.75) is 30.0 Å². The minimum absolute atomic E-state index is 0.0354.